The predicted molar refractivity (Wildman–Crippen MR) is 78.2 cm³/mol. The number of nitrogens with two attached hydrogens (primary N) is 1. The Morgan fingerprint density at radius 3 is 2.65 bits per heavy atom. The molecule has 0 bridgehead atoms. The summed E-state index contributed by atoms with van der Waals surface area (Å²) in [5, 5.41) is 2.38. The van der Waals surface area contributed by atoms with Crippen LogP contribution in [-0.2, 0) is 9.59 Å². The number of nitrogens with zero attached hydrogens (tertiary/aromatic N) is 1. The fourth-order valence-corrected chi connectivity index (χ4v) is 2.44. The minimum absolute atomic E-state index is 0.109. The van der Waals surface area contributed by atoms with Crippen molar-refractivity contribution >= 4 is 17.5 Å². The van der Waals surface area contributed by atoms with Crippen LogP contribution in [0.15, 0.2) is 24.3 Å². The second-order valence-electron chi connectivity index (χ2n) is 5.60. The minimum Gasteiger partial charge on any atom is -0.348 e. The van der Waals surface area contributed by atoms with Crippen molar-refractivity contribution in [2.45, 2.75) is 38.8 Å². The molecule has 1 heterocycles. The van der Waals surface area contributed by atoms with Gasteiger partial charge in [0.2, 0.25) is 5.91 Å². The Hall–Kier alpha value is -1.88. The van der Waals surface area contributed by atoms with Crippen LogP contribution in [0.25, 0.3) is 0 Å². The zero-order valence-electron chi connectivity index (χ0n) is 12.1. The first-order chi connectivity index (χ1) is 9.37. The monoisotopic (exact) mass is 275 g/mol. The summed E-state index contributed by atoms with van der Waals surface area (Å²) >= 11 is 0. The van der Waals surface area contributed by atoms with Crippen molar-refractivity contribution < 1.29 is 9.59 Å². The Labute approximate surface area is 119 Å². The van der Waals surface area contributed by atoms with Crippen LogP contribution >= 0.6 is 0 Å². The normalized spacial score (nSPS) is 19.7. The average molecular weight is 275 g/mol. The van der Waals surface area contributed by atoms with Gasteiger partial charge in [0.05, 0.1) is 6.54 Å². The molecule has 1 aliphatic rings. The van der Waals surface area contributed by atoms with E-state index in [4.69, 9.17) is 5.73 Å². The van der Waals surface area contributed by atoms with Crippen molar-refractivity contribution in [1.82, 2.24) is 5.32 Å². The van der Waals surface area contributed by atoms with Crippen LogP contribution in [-0.4, -0.2) is 23.9 Å². The Morgan fingerprint density at radius 1 is 1.35 bits per heavy atom. The third-order valence-electron chi connectivity index (χ3n) is 3.85. The highest BCUT2D eigenvalue weighted by Gasteiger charge is 2.41. The Kier molecular flexibility index (Phi) is 3.81. The lowest BCUT2D eigenvalue weighted by molar-refractivity contribution is -0.135. The number of benzene rings is 1. The second-order valence-corrected chi connectivity index (χ2v) is 5.60. The number of imide groups is 1. The first-order valence-corrected chi connectivity index (χ1v) is 6.84. The van der Waals surface area contributed by atoms with Crippen molar-refractivity contribution in [3.8, 4) is 0 Å². The van der Waals surface area contributed by atoms with E-state index in [0.717, 1.165) is 17.7 Å². The molecule has 2 amide bonds. The van der Waals surface area contributed by atoms with Gasteiger partial charge in [0, 0.05) is 11.7 Å². The van der Waals surface area contributed by atoms with Crippen LogP contribution in [0, 0.1) is 0 Å². The van der Waals surface area contributed by atoms with Gasteiger partial charge in [0.1, 0.15) is 5.54 Å². The lowest BCUT2D eigenvalue weighted by Crippen LogP contribution is -2.64. The van der Waals surface area contributed by atoms with Gasteiger partial charge in [-0.05, 0) is 31.9 Å². The molecular formula is C15H21N3O2. The number of piperazine rings is 1. The molecular weight excluding hydrogens is 254 g/mol. The van der Waals surface area contributed by atoms with Crippen LogP contribution in [0.3, 0.4) is 0 Å². The lowest BCUT2D eigenvalue weighted by atomic mass is 9.94. The van der Waals surface area contributed by atoms with E-state index in [0.29, 0.717) is 0 Å². The number of anilines is 1. The van der Waals surface area contributed by atoms with Crippen molar-refractivity contribution in [3.63, 3.8) is 0 Å². The number of amides is 2. The number of para-hydroxylation sites is 1. The molecule has 1 fully saturated rings. The summed E-state index contributed by atoms with van der Waals surface area (Å²) in [5.74, 6) is -0.567. The van der Waals surface area contributed by atoms with E-state index in [1.165, 1.54) is 0 Å². The molecule has 5 heteroatoms. The van der Waals surface area contributed by atoms with Gasteiger partial charge in [-0.3, -0.25) is 14.9 Å². The Bertz CT molecular complexity index is 540. The molecule has 1 saturated heterocycles. The molecule has 1 aliphatic heterocycles. The van der Waals surface area contributed by atoms with Gasteiger partial charge in [-0.2, -0.15) is 0 Å². The van der Waals surface area contributed by atoms with Gasteiger partial charge in [-0.25, -0.2) is 0 Å². The van der Waals surface area contributed by atoms with Crippen molar-refractivity contribution in [2.24, 2.45) is 5.73 Å². The Balaban J connectivity index is 2.49. The van der Waals surface area contributed by atoms with E-state index in [9.17, 15) is 9.59 Å². The van der Waals surface area contributed by atoms with Gasteiger partial charge < -0.3 is 10.6 Å². The summed E-state index contributed by atoms with van der Waals surface area (Å²) in [6.07, 6.45) is 0.797. The largest absolute Gasteiger partial charge is 0.348 e. The van der Waals surface area contributed by atoms with Crippen LogP contribution in [0.1, 0.15) is 38.8 Å². The lowest BCUT2D eigenvalue weighted by Gasteiger charge is -2.43. The zero-order valence-corrected chi connectivity index (χ0v) is 12.1. The molecule has 0 radical (unpaired) electrons. The van der Waals surface area contributed by atoms with Gasteiger partial charge in [0.25, 0.3) is 5.91 Å². The maximum atomic E-state index is 12.1. The van der Waals surface area contributed by atoms with E-state index in [2.05, 4.69) is 5.32 Å². The van der Waals surface area contributed by atoms with E-state index in [1.807, 2.05) is 49.9 Å². The minimum atomic E-state index is -0.780. The number of rotatable bonds is 3. The number of nitrogens with one attached hydrogen (secondary N) is 1. The summed E-state index contributed by atoms with van der Waals surface area (Å²) in [4.78, 5) is 25.6. The fraction of sp³-hybridized carbons (Fsp3) is 0.467. The maximum Gasteiger partial charge on any atom is 0.251 e. The van der Waals surface area contributed by atoms with Crippen molar-refractivity contribution in [2.75, 3.05) is 11.4 Å². The molecule has 0 aromatic heterocycles. The topological polar surface area (TPSA) is 75.4 Å². The molecule has 5 nitrogen and oxygen atoms in total. The number of carbonyl (C=O) groups excluding carboxylic acids is 2. The highest BCUT2D eigenvalue weighted by atomic mass is 16.2. The van der Waals surface area contributed by atoms with E-state index in [1.54, 1.807) is 0 Å². The standard InChI is InChI=1S/C15H21N3O2/c1-4-11(16)10-7-5-6-8-12(10)18-9-13(19)17-14(20)15(18,2)3/h5-8,11H,4,9,16H2,1-3H3,(H,17,19,20)/t11-/m0/s1. The van der Waals surface area contributed by atoms with E-state index < -0.39 is 5.54 Å². The third kappa shape index (κ3) is 2.41. The van der Waals surface area contributed by atoms with Gasteiger partial charge in [-0.15, -0.1) is 0 Å². The molecule has 0 spiro atoms. The molecule has 0 aliphatic carbocycles. The van der Waals surface area contributed by atoms with Gasteiger partial charge in [0.15, 0.2) is 0 Å². The summed E-state index contributed by atoms with van der Waals surface area (Å²) < 4.78 is 0. The van der Waals surface area contributed by atoms with Crippen molar-refractivity contribution in [3.05, 3.63) is 29.8 Å². The zero-order chi connectivity index (χ0) is 14.9. The summed E-state index contributed by atoms with van der Waals surface area (Å²) in [6, 6.07) is 7.58. The summed E-state index contributed by atoms with van der Waals surface area (Å²) in [7, 11) is 0. The van der Waals surface area contributed by atoms with E-state index in [-0.39, 0.29) is 24.4 Å². The number of hydrogen-bond donors (Lipinski definition) is 2. The van der Waals surface area contributed by atoms with Crippen LogP contribution in [0.5, 0.6) is 0 Å². The molecule has 20 heavy (non-hydrogen) atoms. The Morgan fingerprint density at radius 2 is 2.00 bits per heavy atom. The predicted octanol–water partition coefficient (Wildman–Crippen LogP) is 1.34. The first kappa shape index (κ1) is 14.5. The molecule has 0 unspecified atom stereocenters. The molecule has 108 valence electrons. The van der Waals surface area contributed by atoms with Crippen LogP contribution in [0.2, 0.25) is 0 Å². The molecule has 1 aromatic rings. The highest BCUT2D eigenvalue weighted by Crippen LogP contribution is 2.32. The van der Waals surface area contributed by atoms with E-state index >= 15 is 0 Å². The SMILES string of the molecule is CC[C@H](N)c1ccccc1N1CC(=O)NC(=O)C1(C)C. The third-order valence-corrected chi connectivity index (χ3v) is 3.85. The number of hydrogen-bond acceptors (Lipinski definition) is 4. The maximum absolute atomic E-state index is 12.1. The number of carbonyl (C=O) groups is 2. The van der Waals surface area contributed by atoms with Gasteiger partial charge in [-0.1, -0.05) is 25.1 Å². The summed E-state index contributed by atoms with van der Waals surface area (Å²) in [6.45, 7) is 5.79. The summed E-state index contributed by atoms with van der Waals surface area (Å²) in [5.41, 5.74) is 7.19. The molecule has 0 saturated carbocycles. The highest BCUT2D eigenvalue weighted by molar-refractivity contribution is 6.06. The quantitative estimate of drug-likeness (QED) is 0.816. The van der Waals surface area contributed by atoms with Crippen molar-refractivity contribution in [1.29, 1.82) is 0 Å². The average Bonchev–Trinajstić information content (AvgIpc) is 2.42. The van der Waals surface area contributed by atoms with Crippen LogP contribution in [0.4, 0.5) is 5.69 Å². The first-order valence-electron chi connectivity index (χ1n) is 6.84. The second kappa shape index (κ2) is 5.25. The van der Waals surface area contributed by atoms with Gasteiger partial charge >= 0.3 is 0 Å². The molecule has 2 rings (SSSR count). The molecule has 1 aromatic carbocycles. The molecule has 1 atom stereocenters. The molecule has 3 N–H and O–H groups in total. The van der Waals surface area contributed by atoms with Crippen LogP contribution < -0.4 is 16.0 Å². The smallest absolute Gasteiger partial charge is 0.251 e. The fourth-order valence-electron chi connectivity index (χ4n) is 2.44.